The molecule has 138 valence electrons. The summed E-state index contributed by atoms with van der Waals surface area (Å²) < 4.78 is 1.63. The van der Waals surface area contributed by atoms with Crippen molar-refractivity contribution in [2.24, 2.45) is 0 Å². The Kier molecular flexibility index (Phi) is 4.69. The van der Waals surface area contributed by atoms with Crippen LogP contribution in [-0.2, 0) is 4.79 Å². The van der Waals surface area contributed by atoms with Gasteiger partial charge in [-0.2, -0.15) is 5.10 Å². The Morgan fingerprint density at radius 1 is 1.04 bits per heavy atom. The third-order valence-corrected chi connectivity index (χ3v) is 4.61. The first-order chi connectivity index (χ1) is 13.2. The van der Waals surface area contributed by atoms with Crippen LogP contribution < -0.4 is 10.2 Å². The minimum atomic E-state index is -0.348. The molecular weight excluding hydrogens is 344 g/mol. The molecular formula is C19H20N6O2. The molecule has 0 radical (unpaired) electrons. The topological polar surface area (TPSA) is 82.8 Å². The molecule has 0 bridgehead atoms. The summed E-state index contributed by atoms with van der Waals surface area (Å²) in [6.07, 6.45) is 3.54. The molecule has 1 aliphatic rings. The van der Waals surface area contributed by atoms with Crippen molar-refractivity contribution in [3.05, 3.63) is 60.6 Å². The SMILES string of the molecule is O=C(NCC(=O)N1CCN(c2ccccn2)CC1)c1cc2ccccn2n1. The average Bonchev–Trinajstić information content (AvgIpc) is 3.17. The van der Waals surface area contributed by atoms with Gasteiger partial charge >= 0.3 is 0 Å². The third-order valence-electron chi connectivity index (χ3n) is 4.61. The summed E-state index contributed by atoms with van der Waals surface area (Å²) in [6, 6.07) is 13.1. The number of fused-ring (bicyclic) bond motifs is 1. The predicted octanol–water partition coefficient (Wildman–Crippen LogP) is 0.808. The van der Waals surface area contributed by atoms with Crippen LogP contribution in [0.4, 0.5) is 5.82 Å². The van der Waals surface area contributed by atoms with Crippen molar-refractivity contribution in [2.45, 2.75) is 0 Å². The van der Waals surface area contributed by atoms with Crippen LogP contribution in [0.2, 0.25) is 0 Å². The number of aromatic nitrogens is 3. The van der Waals surface area contributed by atoms with Gasteiger partial charge in [-0.3, -0.25) is 9.59 Å². The fraction of sp³-hybridized carbons (Fsp3) is 0.263. The first-order valence-electron chi connectivity index (χ1n) is 8.87. The van der Waals surface area contributed by atoms with Crippen molar-refractivity contribution in [3.63, 3.8) is 0 Å². The first kappa shape index (κ1) is 17.0. The molecule has 4 rings (SSSR count). The van der Waals surface area contributed by atoms with Crippen LogP contribution in [-0.4, -0.2) is 64.0 Å². The van der Waals surface area contributed by atoms with Crippen LogP contribution in [0, 0.1) is 0 Å². The fourth-order valence-electron chi connectivity index (χ4n) is 3.13. The first-order valence-corrected chi connectivity index (χ1v) is 8.87. The molecule has 3 aromatic rings. The fourth-order valence-corrected chi connectivity index (χ4v) is 3.13. The molecule has 0 saturated carbocycles. The van der Waals surface area contributed by atoms with Gasteiger partial charge in [0.25, 0.3) is 5.91 Å². The highest BCUT2D eigenvalue weighted by Gasteiger charge is 2.22. The second-order valence-corrected chi connectivity index (χ2v) is 6.34. The lowest BCUT2D eigenvalue weighted by atomic mass is 10.3. The van der Waals surface area contributed by atoms with Gasteiger partial charge in [0.1, 0.15) is 5.82 Å². The van der Waals surface area contributed by atoms with E-state index in [9.17, 15) is 9.59 Å². The molecule has 3 aromatic heterocycles. The lowest BCUT2D eigenvalue weighted by Crippen LogP contribution is -2.51. The number of hydrogen-bond donors (Lipinski definition) is 1. The number of carbonyl (C=O) groups excluding carboxylic acids is 2. The van der Waals surface area contributed by atoms with E-state index in [-0.39, 0.29) is 18.4 Å². The molecule has 1 aliphatic heterocycles. The maximum absolute atomic E-state index is 12.4. The molecule has 1 saturated heterocycles. The summed E-state index contributed by atoms with van der Waals surface area (Å²) in [5.74, 6) is 0.483. The van der Waals surface area contributed by atoms with Crippen LogP contribution in [0.3, 0.4) is 0 Å². The van der Waals surface area contributed by atoms with E-state index < -0.39 is 0 Å². The summed E-state index contributed by atoms with van der Waals surface area (Å²) in [7, 11) is 0. The molecule has 0 atom stereocenters. The number of hydrogen-bond acceptors (Lipinski definition) is 5. The van der Waals surface area contributed by atoms with Gasteiger partial charge in [-0.05, 0) is 30.3 Å². The van der Waals surface area contributed by atoms with Gasteiger partial charge in [0.2, 0.25) is 5.91 Å². The van der Waals surface area contributed by atoms with E-state index in [1.807, 2.05) is 36.4 Å². The summed E-state index contributed by atoms with van der Waals surface area (Å²) in [6.45, 7) is 2.64. The summed E-state index contributed by atoms with van der Waals surface area (Å²) in [5, 5.41) is 6.88. The summed E-state index contributed by atoms with van der Waals surface area (Å²) in [4.78, 5) is 32.9. The van der Waals surface area contributed by atoms with Crippen LogP contribution in [0.25, 0.3) is 5.52 Å². The smallest absolute Gasteiger partial charge is 0.272 e. The Balaban J connectivity index is 1.29. The molecule has 1 fully saturated rings. The highest BCUT2D eigenvalue weighted by atomic mass is 16.2. The molecule has 8 nitrogen and oxygen atoms in total. The van der Waals surface area contributed by atoms with Gasteiger partial charge in [-0.1, -0.05) is 12.1 Å². The van der Waals surface area contributed by atoms with Crippen molar-refractivity contribution in [2.75, 3.05) is 37.6 Å². The average molecular weight is 364 g/mol. The van der Waals surface area contributed by atoms with Crippen molar-refractivity contribution >= 4 is 23.1 Å². The number of carbonyl (C=O) groups is 2. The van der Waals surface area contributed by atoms with Crippen LogP contribution in [0.15, 0.2) is 54.9 Å². The Labute approximate surface area is 156 Å². The van der Waals surface area contributed by atoms with E-state index in [0.717, 1.165) is 24.4 Å². The molecule has 8 heteroatoms. The Morgan fingerprint density at radius 2 is 1.85 bits per heavy atom. The van der Waals surface area contributed by atoms with E-state index >= 15 is 0 Å². The van der Waals surface area contributed by atoms with Gasteiger partial charge in [-0.15, -0.1) is 0 Å². The minimum absolute atomic E-state index is 0.0315. The van der Waals surface area contributed by atoms with Gasteiger partial charge < -0.3 is 15.1 Å². The van der Waals surface area contributed by atoms with Gasteiger partial charge in [0, 0.05) is 38.6 Å². The van der Waals surface area contributed by atoms with Crippen molar-refractivity contribution < 1.29 is 9.59 Å². The van der Waals surface area contributed by atoms with E-state index in [2.05, 4.69) is 20.3 Å². The second-order valence-electron chi connectivity index (χ2n) is 6.34. The normalized spacial score (nSPS) is 14.4. The van der Waals surface area contributed by atoms with Crippen molar-refractivity contribution in [1.29, 1.82) is 0 Å². The number of pyridine rings is 2. The Morgan fingerprint density at radius 3 is 2.59 bits per heavy atom. The standard InChI is InChI=1S/C19H20N6O2/c26-18(24-11-9-23(10-12-24)17-6-1-3-7-20-17)14-21-19(27)16-13-15-5-2-4-8-25(15)22-16/h1-8,13H,9-12,14H2,(H,21,27). The zero-order valence-electron chi connectivity index (χ0n) is 14.8. The number of piperazine rings is 1. The van der Waals surface area contributed by atoms with Crippen LogP contribution in [0.1, 0.15) is 10.5 Å². The molecule has 0 spiro atoms. The number of rotatable bonds is 4. The van der Waals surface area contributed by atoms with E-state index in [1.165, 1.54) is 0 Å². The molecule has 0 aliphatic carbocycles. The molecule has 1 N–H and O–H groups in total. The van der Waals surface area contributed by atoms with Crippen molar-refractivity contribution in [1.82, 2.24) is 24.8 Å². The lowest BCUT2D eigenvalue weighted by Gasteiger charge is -2.35. The highest BCUT2D eigenvalue weighted by Crippen LogP contribution is 2.12. The van der Waals surface area contributed by atoms with Crippen LogP contribution >= 0.6 is 0 Å². The maximum Gasteiger partial charge on any atom is 0.272 e. The maximum atomic E-state index is 12.4. The number of amides is 2. The lowest BCUT2D eigenvalue weighted by molar-refractivity contribution is -0.130. The molecule has 27 heavy (non-hydrogen) atoms. The minimum Gasteiger partial charge on any atom is -0.353 e. The largest absolute Gasteiger partial charge is 0.353 e. The quantitative estimate of drug-likeness (QED) is 0.741. The number of nitrogens with one attached hydrogen (secondary N) is 1. The van der Waals surface area contributed by atoms with Crippen LogP contribution in [0.5, 0.6) is 0 Å². The molecule has 2 amide bonds. The number of anilines is 1. The molecule has 0 aromatic carbocycles. The van der Waals surface area contributed by atoms with Crippen molar-refractivity contribution in [3.8, 4) is 0 Å². The summed E-state index contributed by atoms with van der Waals surface area (Å²) in [5.41, 5.74) is 1.13. The second kappa shape index (κ2) is 7.45. The van der Waals surface area contributed by atoms with E-state index in [0.29, 0.717) is 18.8 Å². The number of nitrogens with zero attached hydrogens (tertiary/aromatic N) is 5. The van der Waals surface area contributed by atoms with E-state index in [4.69, 9.17) is 0 Å². The van der Waals surface area contributed by atoms with Gasteiger partial charge in [0.15, 0.2) is 5.69 Å². The van der Waals surface area contributed by atoms with E-state index in [1.54, 1.807) is 27.9 Å². The van der Waals surface area contributed by atoms with Gasteiger partial charge in [0.05, 0.1) is 12.1 Å². The molecule has 4 heterocycles. The van der Waals surface area contributed by atoms with Gasteiger partial charge in [-0.25, -0.2) is 9.50 Å². The zero-order valence-corrected chi connectivity index (χ0v) is 14.8. The predicted molar refractivity (Wildman–Crippen MR) is 101 cm³/mol. The monoisotopic (exact) mass is 364 g/mol. The zero-order chi connectivity index (χ0) is 18.6. The summed E-state index contributed by atoms with van der Waals surface area (Å²) >= 11 is 0. The Hall–Kier alpha value is -3.42. The highest BCUT2D eigenvalue weighted by molar-refractivity contribution is 5.95. The Bertz CT molecular complexity index is 914. The molecule has 0 unspecified atom stereocenters. The third kappa shape index (κ3) is 3.74.